The van der Waals surface area contributed by atoms with E-state index in [4.69, 9.17) is 14.6 Å². The number of methoxy groups -OCH3 is 2. The number of amides is 1. The first kappa shape index (κ1) is 17.1. The molecule has 0 radical (unpaired) electrons. The molecule has 1 aliphatic rings. The Balaban J connectivity index is 2.00. The van der Waals surface area contributed by atoms with E-state index in [1.54, 1.807) is 20.3 Å². The third-order valence-electron chi connectivity index (χ3n) is 4.42. The number of benzene rings is 1. The molecule has 1 unspecified atom stereocenters. The van der Waals surface area contributed by atoms with E-state index >= 15 is 0 Å². The Labute approximate surface area is 135 Å². The smallest absolute Gasteiger partial charge is 0.306 e. The zero-order valence-electron chi connectivity index (χ0n) is 13.7. The molecule has 3 atom stereocenters. The fraction of sp³-hybridized carbons (Fsp3) is 0.529. The number of carbonyl (C=O) groups is 2. The Hall–Kier alpha value is -2.24. The molecule has 0 saturated heterocycles. The summed E-state index contributed by atoms with van der Waals surface area (Å²) in [5.41, 5.74) is 0.906. The van der Waals surface area contributed by atoms with Crippen LogP contribution < -0.4 is 14.8 Å². The molecule has 1 aliphatic carbocycles. The van der Waals surface area contributed by atoms with Crippen LogP contribution in [-0.4, -0.2) is 31.2 Å². The maximum atomic E-state index is 12.3. The van der Waals surface area contributed by atoms with Gasteiger partial charge in [0.1, 0.15) is 0 Å². The highest BCUT2D eigenvalue weighted by Crippen LogP contribution is 2.33. The molecule has 0 bridgehead atoms. The summed E-state index contributed by atoms with van der Waals surface area (Å²) in [6, 6.07) is 5.32. The number of hydrogen-bond acceptors (Lipinski definition) is 4. The second-order valence-electron chi connectivity index (χ2n) is 5.89. The Morgan fingerprint density at radius 1 is 1.17 bits per heavy atom. The predicted molar refractivity (Wildman–Crippen MR) is 84.6 cm³/mol. The topological polar surface area (TPSA) is 84.9 Å². The maximum Gasteiger partial charge on any atom is 0.306 e. The van der Waals surface area contributed by atoms with Crippen molar-refractivity contribution in [2.24, 2.45) is 11.8 Å². The molecule has 0 aliphatic heterocycles. The first-order valence-corrected chi connectivity index (χ1v) is 7.71. The van der Waals surface area contributed by atoms with E-state index in [2.05, 4.69) is 5.32 Å². The van der Waals surface area contributed by atoms with Crippen molar-refractivity contribution in [2.75, 3.05) is 14.2 Å². The molecule has 23 heavy (non-hydrogen) atoms. The van der Waals surface area contributed by atoms with Gasteiger partial charge in [0.15, 0.2) is 11.5 Å². The van der Waals surface area contributed by atoms with Gasteiger partial charge in [-0.25, -0.2) is 0 Å². The van der Waals surface area contributed by atoms with Crippen LogP contribution in [0.1, 0.15) is 37.8 Å². The Morgan fingerprint density at radius 2 is 1.83 bits per heavy atom. The molecule has 0 heterocycles. The zero-order valence-corrected chi connectivity index (χ0v) is 13.7. The van der Waals surface area contributed by atoms with Crippen LogP contribution in [0.25, 0.3) is 0 Å². The minimum Gasteiger partial charge on any atom is -0.493 e. The number of aliphatic carboxylic acids is 1. The number of carboxylic acid groups (broad SMARTS) is 1. The van der Waals surface area contributed by atoms with E-state index in [1.807, 2.05) is 19.1 Å². The monoisotopic (exact) mass is 321 g/mol. The predicted octanol–water partition coefficient (Wildman–Crippen LogP) is 2.38. The lowest BCUT2D eigenvalue weighted by molar-refractivity contribution is -0.141. The normalized spacial score (nSPS) is 21.5. The van der Waals surface area contributed by atoms with Crippen molar-refractivity contribution in [2.45, 2.75) is 32.2 Å². The molecule has 1 amide bonds. The number of ether oxygens (including phenoxy) is 2. The molecule has 6 heteroatoms. The van der Waals surface area contributed by atoms with Crippen molar-refractivity contribution in [1.29, 1.82) is 0 Å². The minimum absolute atomic E-state index is 0.0870. The van der Waals surface area contributed by atoms with Crippen molar-refractivity contribution in [1.82, 2.24) is 5.32 Å². The molecular weight excluding hydrogens is 298 g/mol. The van der Waals surface area contributed by atoms with Gasteiger partial charge in [-0.3, -0.25) is 9.59 Å². The second-order valence-corrected chi connectivity index (χ2v) is 5.89. The van der Waals surface area contributed by atoms with Crippen LogP contribution in [0.2, 0.25) is 0 Å². The second kappa shape index (κ2) is 7.35. The van der Waals surface area contributed by atoms with Crippen LogP contribution in [0.15, 0.2) is 18.2 Å². The summed E-state index contributed by atoms with van der Waals surface area (Å²) >= 11 is 0. The van der Waals surface area contributed by atoms with Gasteiger partial charge in [-0.1, -0.05) is 6.07 Å². The summed E-state index contributed by atoms with van der Waals surface area (Å²) in [5.74, 6) is -0.280. The molecule has 1 fully saturated rings. The van der Waals surface area contributed by atoms with Crippen molar-refractivity contribution in [3.05, 3.63) is 23.8 Å². The summed E-state index contributed by atoms with van der Waals surface area (Å²) in [7, 11) is 3.14. The van der Waals surface area contributed by atoms with Crippen LogP contribution in [0.5, 0.6) is 11.5 Å². The lowest BCUT2D eigenvalue weighted by Crippen LogP contribution is -2.32. The highest BCUT2D eigenvalue weighted by Gasteiger charge is 2.34. The molecular formula is C17H23NO5. The molecule has 1 saturated carbocycles. The third-order valence-corrected chi connectivity index (χ3v) is 4.42. The quantitative estimate of drug-likeness (QED) is 0.840. The maximum absolute atomic E-state index is 12.3. The molecule has 0 spiro atoms. The molecule has 0 aromatic heterocycles. The number of carboxylic acids is 1. The van der Waals surface area contributed by atoms with E-state index in [0.717, 1.165) is 5.56 Å². The van der Waals surface area contributed by atoms with Crippen LogP contribution in [0.4, 0.5) is 0 Å². The molecule has 1 aromatic carbocycles. The van der Waals surface area contributed by atoms with Crippen molar-refractivity contribution >= 4 is 11.9 Å². The standard InChI is InChI=1S/C17H23NO5/c1-10(11-6-7-14(22-2)15(9-11)23-3)18-16(19)12-4-5-13(8-12)17(20)21/h6-7,9-10,12-13H,4-5,8H2,1-3H3,(H,18,19)(H,20,21)/t10?,12-,13+/m1/s1. The van der Waals surface area contributed by atoms with Crippen LogP contribution >= 0.6 is 0 Å². The summed E-state index contributed by atoms with van der Waals surface area (Å²) in [5, 5.41) is 12.0. The van der Waals surface area contributed by atoms with E-state index in [0.29, 0.717) is 30.8 Å². The van der Waals surface area contributed by atoms with Gasteiger partial charge >= 0.3 is 5.97 Å². The summed E-state index contributed by atoms with van der Waals surface area (Å²) in [6.07, 6.45) is 1.61. The number of nitrogens with one attached hydrogen (secondary N) is 1. The Bertz CT molecular complexity index is 586. The lowest BCUT2D eigenvalue weighted by Gasteiger charge is -2.19. The van der Waals surface area contributed by atoms with E-state index in [9.17, 15) is 9.59 Å². The SMILES string of the molecule is COc1ccc(C(C)NC(=O)[C@@H]2CC[C@H](C(=O)O)C2)cc1OC. The average molecular weight is 321 g/mol. The van der Waals surface area contributed by atoms with E-state index in [1.165, 1.54) is 0 Å². The third kappa shape index (κ3) is 3.94. The lowest BCUT2D eigenvalue weighted by atomic mass is 10.0. The van der Waals surface area contributed by atoms with Gasteiger partial charge < -0.3 is 19.9 Å². The average Bonchev–Trinajstić information content (AvgIpc) is 3.04. The van der Waals surface area contributed by atoms with Gasteiger partial charge in [0.2, 0.25) is 5.91 Å². The molecule has 2 rings (SSSR count). The molecule has 126 valence electrons. The number of rotatable bonds is 6. The van der Waals surface area contributed by atoms with Gasteiger partial charge in [-0.05, 0) is 43.9 Å². The van der Waals surface area contributed by atoms with Crippen LogP contribution in [0.3, 0.4) is 0 Å². The zero-order chi connectivity index (χ0) is 17.0. The Morgan fingerprint density at radius 3 is 2.39 bits per heavy atom. The van der Waals surface area contributed by atoms with Crippen molar-refractivity contribution < 1.29 is 24.2 Å². The van der Waals surface area contributed by atoms with Gasteiger partial charge in [0, 0.05) is 5.92 Å². The van der Waals surface area contributed by atoms with Crippen molar-refractivity contribution in [3.63, 3.8) is 0 Å². The first-order chi connectivity index (χ1) is 11.0. The highest BCUT2D eigenvalue weighted by molar-refractivity contribution is 5.81. The fourth-order valence-corrected chi connectivity index (χ4v) is 2.98. The molecule has 1 aromatic rings. The number of carbonyl (C=O) groups excluding carboxylic acids is 1. The van der Waals surface area contributed by atoms with Crippen LogP contribution in [-0.2, 0) is 9.59 Å². The van der Waals surface area contributed by atoms with E-state index in [-0.39, 0.29) is 17.9 Å². The van der Waals surface area contributed by atoms with Gasteiger partial charge in [-0.2, -0.15) is 0 Å². The molecule has 2 N–H and O–H groups in total. The summed E-state index contributed by atoms with van der Waals surface area (Å²) < 4.78 is 10.5. The number of hydrogen-bond donors (Lipinski definition) is 2. The largest absolute Gasteiger partial charge is 0.493 e. The van der Waals surface area contributed by atoms with E-state index < -0.39 is 11.9 Å². The van der Waals surface area contributed by atoms with Crippen LogP contribution in [0, 0.1) is 11.8 Å². The molecule has 6 nitrogen and oxygen atoms in total. The minimum atomic E-state index is -0.812. The van der Waals surface area contributed by atoms with Gasteiger partial charge in [0.05, 0.1) is 26.2 Å². The summed E-state index contributed by atoms with van der Waals surface area (Å²) in [4.78, 5) is 23.3. The van der Waals surface area contributed by atoms with Gasteiger partial charge in [0.25, 0.3) is 0 Å². The fourth-order valence-electron chi connectivity index (χ4n) is 2.98. The first-order valence-electron chi connectivity index (χ1n) is 7.71. The van der Waals surface area contributed by atoms with Gasteiger partial charge in [-0.15, -0.1) is 0 Å². The van der Waals surface area contributed by atoms with Crippen molar-refractivity contribution in [3.8, 4) is 11.5 Å². The summed E-state index contributed by atoms with van der Waals surface area (Å²) in [6.45, 7) is 1.89. The Kier molecular flexibility index (Phi) is 5.47. The highest BCUT2D eigenvalue weighted by atomic mass is 16.5.